The van der Waals surface area contributed by atoms with Crippen molar-refractivity contribution in [3.8, 4) is 0 Å². The molecule has 2 fully saturated rings. The number of aryl methyl sites for hydroxylation is 1. The lowest BCUT2D eigenvalue weighted by Gasteiger charge is -2.47. The van der Waals surface area contributed by atoms with E-state index in [0.29, 0.717) is 44.5 Å². The molecule has 0 aromatic heterocycles. The zero-order valence-corrected chi connectivity index (χ0v) is 24.8. The average molecular weight is 619 g/mol. The largest absolute Gasteiger partial charge is 0.416 e. The van der Waals surface area contributed by atoms with Crippen molar-refractivity contribution in [3.05, 3.63) is 70.3 Å². The molecule has 232 valence electrons. The summed E-state index contributed by atoms with van der Waals surface area (Å²) in [7, 11) is -1.49. The molecule has 0 saturated carbocycles. The third kappa shape index (κ3) is 6.79. The third-order valence-electron chi connectivity index (χ3n) is 8.90. The second-order valence-corrected chi connectivity index (χ2v) is 14.3. The van der Waals surface area contributed by atoms with Gasteiger partial charge in [-0.25, -0.2) is 8.42 Å². The first-order valence-corrected chi connectivity index (χ1v) is 15.7. The van der Waals surface area contributed by atoms with Crippen molar-refractivity contribution in [1.82, 2.24) is 9.80 Å². The lowest BCUT2D eigenvalue weighted by Crippen LogP contribution is -2.56. The summed E-state index contributed by atoms with van der Waals surface area (Å²) in [5.74, 6) is -0.544. The van der Waals surface area contributed by atoms with Crippen LogP contribution in [0.25, 0.3) is 0 Å². The van der Waals surface area contributed by atoms with Gasteiger partial charge in [0.2, 0.25) is 5.91 Å². The van der Waals surface area contributed by atoms with Crippen molar-refractivity contribution >= 4 is 15.7 Å². The molecule has 0 spiro atoms. The molecule has 2 aromatic rings. The standard InChI is InChI=1S/C30H36F6N2O3S/c1-19-7-5-6-8-24(19)25-18-38(23-10-13-42(40,41)14-11-23)12-9-26(25)37(4)27(39)28(2,3)20-15-21(29(31,32)33)17-22(16-20)30(34,35)36/h5-8,15-17,23,25-26H,9-14,18H2,1-4H3/t25-,26+/m0/s1. The second-order valence-electron chi connectivity index (χ2n) is 12.0. The molecule has 0 aliphatic carbocycles. The van der Waals surface area contributed by atoms with E-state index in [4.69, 9.17) is 0 Å². The Morgan fingerprint density at radius 3 is 1.93 bits per heavy atom. The second kappa shape index (κ2) is 11.5. The van der Waals surface area contributed by atoms with Gasteiger partial charge in [0.1, 0.15) is 9.84 Å². The van der Waals surface area contributed by atoms with E-state index < -0.39 is 44.6 Å². The highest BCUT2D eigenvalue weighted by Gasteiger charge is 2.44. The number of likely N-dealkylation sites (tertiary alicyclic amines) is 1. The topological polar surface area (TPSA) is 57.7 Å². The van der Waals surface area contributed by atoms with E-state index in [0.717, 1.165) is 11.1 Å². The number of hydrogen-bond donors (Lipinski definition) is 0. The molecule has 0 N–H and O–H groups in total. The van der Waals surface area contributed by atoms with Gasteiger partial charge in [-0.2, -0.15) is 26.3 Å². The number of alkyl halides is 6. The van der Waals surface area contributed by atoms with E-state index in [1.165, 1.54) is 18.7 Å². The maximum Gasteiger partial charge on any atom is 0.416 e. The Kier molecular flexibility index (Phi) is 8.83. The number of nitrogens with zero attached hydrogens (tertiary/aromatic N) is 2. The van der Waals surface area contributed by atoms with Gasteiger partial charge in [0.25, 0.3) is 0 Å². The molecule has 2 aliphatic rings. The normalized spacial score (nSPS) is 22.6. The summed E-state index contributed by atoms with van der Waals surface area (Å²) < 4.78 is 106. The number of piperidine rings is 1. The van der Waals surface area contributed by atoms with Crippen LogP contribution in [-0.4, -0.2) is 67.9 Å². The molecule has 0 bridgehead atoms. The summed E-state index contributed by atoms with van der Waals surface area (Å²) >= 11 is 0. The number of benzene rings is 2. The van der Waals surface area contributed by atoms with Crippen LogP contribution in [0.15, 0.2) is 42.5 Å². The minimum absolute atomic E-state index is 0.0637. The van der Waals surface area contributed by atoms with Crippen molar-refractivity contribution in [1.29, 1.82) is 0 Å². The Morgan fingerprint density at radius 2 is 1.40 bits per heavy atom. The molecule has 2 saturated heterocycles. The summed E-state index contributed by atoms with van der Waals surface area (Å²) in [4.78, 5) is 17.7. The number of amides is 1. The molecule has 0 unspecified atom stereocenters. The number of likely N-dealkylation sites (N-methyl/N-ethyl adjacent to an activating group) is 1. The van der Waals surface area contributed by atoms with Crippen LogP contribution >= 0.6 is 0 Å². The maximum absolute atomic E-state index is 14.0. The van der Waals surface area contributed by atoms with E-state index in [9.17, 15) is 39.6 Å². The molecule has 2 heterocycles. The van der Waals surface area contributed by atoms with E-state index in [1.807, 2.05) is 31.2 Å². The van der Waals surface area contributed by atoms with Crippen LogP contribution in [0, 0.1) is 6.92 Å². The molecule has 2 aromatic carbocycles. The summed E-state index contributed by atoms with van der Waals surface area (Å²) in [6.07, 6.45) is -8.50. The molecule has 4 rings (SSSR count). The van der Waals surface area contributed by atoms with Crippen molar-refractivity contribution in [2.24, 2.45) is 0 Å². The summed E-state index contributed by atoms with van der Waals surface area (Å²) in [5, 5.41) is 0. The average Bonchev–Trinajstić information content (AvgIpc) is 2.91. The molecular formula is C30H36F6N2O3S. The van der Waals surface area contributed by atoms with E-state index in [1.54, 1.807) is 7.05 Å². The summed E-state index contributed by atoms with van der Waals surface area (Å²) in [6, 6.07) is 8.70. The Bertz CT molecular complexity index is 1370. The third-order valence-corrected chi connectivity index (χ3v) is 10.6. The Morgan fingerprint density at radius 1 is 0.881 bits per heavy atom. The van der Waals surface area contributed by atoms with E-state index in [2.05, 4.69) is 4.90 Å². The first kappa shape index (κ1) is 32.3. The Labute approximate surface area is 242 Å². The number of halogens is 6. The van der Waals surface area contributed by atoms with Crippen LogP contribution < -0.4 is 0 Å². The fourth-order valence-corrected chi connectivity index (χ4v) is 7.81. The van der Waals surface area contributed by atoms with Gasteiger partial charge < -0.3 is 4.90 Å². The lowest BCUT2D eigenvalue weighted by atomic mass is 9.78. The number of carbonyl (C=O) groups excluding carboxylic acids is 1. The highest BCUT2D eigenvalue weighted by Crippen LogP contribution is 2.41. The smallest absolute Gasteiger partial charge is 0.341 e. The molecule has 0 radical (unpaired) electrons. The number of rotatable bonds is 5. The van der Waals surface area contributed by atoms with E-state index >= 15 is 0 Å². The maximum atomic E-state index is 14.0. The molecule has 12 heteroatoms. The van der Waals surface area contributed by atoms with Crippen LogP contribution in [0.4, 0.5) is 26.3 Å². The minimum Gasteiger partial charge on any atom is -0.341 e. The van der Waals surface area contributed by atoms with Crippen LogP contribution in [0.3, 0.4) is 0 Å². The summed E-state index contributed by atoms with van der Waals surface area (Å²) in [5.41, 5.74) is -3.00. The van der Waals surface area contributed by atoms with Crippen molar-refractivity contribution in [3.63, 3.8) is 0 Å². The fraction of sp³-hybridized carbons (Fsp3) is 0.567. The van der Waals surface area contributed by atoms with Gasteiger partial charge in [0.15, 0.2) is 0 Å². The highest BCUT2D eigenvalue weighted by atomic mass is 32.2. The molecule has 2 atom stereocenters. The van der Waals surface area contributed by atoms with Crippen LogP contribution in [0.1, 0.15) is 66.8 Å². The molecule has 5 nitrogen and oxygen atoms in total. The zero-order valence-electron chi connectivity index (χ0n) is 24.0. The zero-order chi connectivity index (χ0) is 31.3. The monoisotopic (exact) mass is 618 g/mol. The van der Waals surface area contributed by atoms with Crippen molar-refractivity contribution in [2.75, 3.05) is 31.6 Å². The highest BCUT2D eigenvalue weighted by molar-refractivity contribution is 7.91. The lowest BCUT2D eigenvalue weighted by molar-refractivity contribution is -0.144. The fourth-order valence-electron chi connectivity index (χ4n) is 6.34. The number of sulfone groups is 1. The molecule has 2 aliphatic heterocycles. The van der Waals surface area contributed by atoms with Gasteiger partial charge >= 0.3 is 12.4 Å². The predicted octanol–water partition coefficient (Wildman–Crippen LogP) is 6.20. The molecule has 42 heavy (non-hydrogen) atoms. The van der Waals surface area contributed by atoms with Crippen LogP contribution in [0.2, 0.25) is 0 Å². The van der Waals surface area contributed by atoms with E-state index in [-0.39, 0.29) is 41.1 Å². The Balaban J connectivity index is 1.67. The van der Waals surface area contributed by atoms with Gasteiger partial charge in [0, 0.05) is 38.1 Å². The van der Waals surface area contributed by atoms with Crippen LogP contribution in [-0.2, 0) is 32.4 Å². The Hall–Kier alpha value is -2.60. The first-order chi connectivity index (χ1) is 19.3. The first-order valence-electron chi connectivity index (χ1n) is 13.9. The molecular weight excluding hydrogens is 582 g/mol. The van der Waals surface area contributed by atoms with Gasteiger partial charge in [-0.15, -0.1) is 0 Å². The summed E-state index contributed by atoms with van der Waals surface area (Å²) in [6.45, 7) is 5.77. The minimum atomic E-state index is -5.03. The van der Waals surface area contributed by atoms with Gasteiger partial charge in [-0.3, -0.25) is 9.69 Å². The molecule has 1 amide bonds. The number of hydrogen-bond acceptors (Lipinski definition) is 4. The van der Waals surface area contributed by atoms with Gasteiger partial charge in [-0.1, -0.05) is 24.3 Å². The number of carbonyl (C=O) groups is 1. The van der Waals surface area contributed by atoms with Crippen LogP contribution in [0.5, 0.6) is 0 Å². The quantitative estimate of drug-likeness (QED) is 0.375. The van der Waals surface area contributed by atoms with Gasteiger partial charge in [-0.05, 0) is 74.9 Å². The SMILES string of the molecule is Cc1ccccc1[C@@H]1CN(C2CCS(=O)(=O)CC2)CC[C@H]1N(C)C(=O)C(C)(C)c1cc(C(F)(F)F)cc(C(F)(F)F)c1. The van der Waals surface area contributed by atoms with Gasteiger partial charge in [0.05, 0.1) is 28.0 Å². The van der Waals surface area contributed by atoms with Crippen molar-refractivity contribution in [2.45, 2.75) is 75.8 Å². The predicted molar refractivity (Wildman–Crippen MR) is 148 cm³/mol. The van der Waals surface area contributed by atoms with Crippen molar-refractivity contribution < 1.29 is 39.6 Å².